The van der Waals surface area contributed by atoms with Crippen molar-refractivity contribution >= 4 is 50.9 Å². The number of nitro groups is 1. The molecule has 4 aromatic rings. The van der Waals surface area contributed by atoms with Crippen LogP contribution in [-0.4, -0.2) is 75.5 Å². The summed E-state index contributed by atoms with van der Waals surface area (Å²) in [5, 5.41) is 18.1. The van der Waals surface area contributed by atoms with Crippen LogP contribution in [0.5, 0.6) is 5.75 Å². The number of carbonyl (C=O) groups excluding carboxylic acids is 3. The average Bonchev–Trinajstić information content (AvgIpc) is 3.15. The van der Waals surface area contributed by atoms with Crippen LogP contribution in [0, 0.1) is 16.0 Å². The number of rotatable bonds is 18. The van der Waals surface area contributed by atoms with Crippen molar-refractivity contribution in [3.63, 3.8) is 0 Å². The molecule has 0 bridgehead atoms. The molecule has 0 radical (unpaired) electrons. The Bertz CT molecular complexity index is 2060. The summed E-state index contributed by atoms with van der Waals surface area (Å²) in [6, 6.07) is 24.1. The van der Waals surface area contributed by atoms with Crippen LogP contribution >= 0.6 is 11.8 Å². The van der Waals surface area contributed by atoms with Crippen LogP contribution in [0.4, 0.5) is 11.4 Å². The molecule has 0 aliphatic heterocycles. The van der Waals surface area contributed by atoms with E-state index in [4.69, 9.17) is 4.74 Å². The number of sulfonamides is 1. The number of hydrogen-bond acceptors (Lipinski definition) is 10. The van der Waals surface area contributed by atoms with Crippen molar-refractivity contribution in [2.45, 2.75) is 48.9 Å². The van der Waals surface area contributed by atoms with Gasteiger partial charge < -0.3 is 20.3 Å². The monoisotopic (exact) mass is 775 g/mol. The molecule has 54 heavy (non-hydrogen) atoms. The van der Waals surface area contributed by atoms with E-state index in [1.807, 2.05) is 67.1 Å². The Morgan fingerprint density at radius 3 is 2.28 bits per heavy atom. The van der Waals surface area contributed by atoms with E-state index in [0.29, 0.717) is 42.4 Å². The van der Waals surface area contributed by atoms with E-state index in [9.17, 15) is 32.9 Å². The lowest BCUT2D eigenvalue weighted by molar-refractivity contribution is -0.384. The molecule has 0 fully saturated rings. The van der Waals surface area contributed by atoms with Gasteiger partial charge in [-0.05, 0) is 65.9 Å². The molecule has 0 unspecified atom stereocenters. The lowest BCUT2D eigenvalue weighted by Gasteiger charge is -2.21. The minimum Gasteiger partial charge on any atom is -0.496 e. The maximum absolute atomic E-state index is 13.3. The van der Waals surface area contributed by atoms with Crippen molar-refractivity contribution < 1.29 is 32.5 Å². The molecule has 0 aliphatic carbocycles. The van der Waals surface area contributed by atoms with Gasteiger partial charge in [-0.2, -0.15) is 0 Å². The number of ether oxygens (including phenoxy) is 1. The molecule has 1 atom stereocenters. The molecule has 4 rings (SSSR count). The van der Waals surface area contributed by atoms with Crippen LogP contribution in [-0.2, 0) is 26.0 Å². The number of aryl methyl sites for hydroxylation is 1. The number of hydrogen-bond donors (Lipinski definition) is 3. The summed E-state index contributed by atoms with van der Waals surface area (Å²) >= 11 is 1.47. The van der Waals surface area contributed by atoms with Gasteiger partial charge in [0.2, 0.25) is 11.8 Å². The van der Waals surface area contributed by atoms with Gasteiger partial charge in [0.05, 0.1) is 16.9 Å². The smallest absolute Gasteiger partial charge is 0.293 e. The Labute approximate surface area is 320 Å². The molecule has 4 aromatic carbocycles. The Kier molecular flexibility index (Phi) is 14.6. The van der Waals surface area contributed by atoms with Gasteiger partial charge in [0.15, 0.2) is 0 Å². The normalized spacial score (nSPS) is 11.7. The van der Waals surface area contributed by atoms with Crippen LogP contribution in [0.25, 0.3) is 11.1 Å². The van der Waals surface area contributed by atoms with Gasteiger partial charge in [-0.15, -0.1) is 11.8 Å². The maximum atomic E-state index is 13.3. The van der Waals surface area contributed by atoms with Gasteiger partial charge in [0, 0.05) is 67.4 Å². The van der Waals surface area contributed by atoms with Crippen molar-refractivity contribution in [3.05, 3.63) is 112 Å². The minimum atomic E-state index is -4.53. The minimum absolute atomic E-state index is 0.0256. The van der Waals surface area contributed by atoms with Gasteiger partial charge in [0.1, 0.15) is 11.4 Å². The number of nitrogens with zero attached hydrogens (tertiary/aromatic N) is 2. The van der Waals surface area contributed by atoms with E-state index in [1.54, 1.807) is 26.2 Å². The number of thioether (sulfide) groups is 1. The quantitative estimate of drug-likeness (QED) is 0.0604. The van der Waals surface area contributed by atoms with Crippen molar-refractivity contribution in [2.24, 2.45) is 5.92 Å². The highest BCUT2D eigenvalue weighted by atomic mass is 32.2. The fraction of sp³-hybridized carbons (Fsp3) is 0.308. The first-order chi connectivity index (χ1) is 25.7. The summed E-state index contributed by atoms with van der Waals surface area (Å²) < 4.78 is 34.2. The maximum Gasteiger partial charge on any atom is 0.293 e. The van der Waals surface area contributed by atoms with E-state index in [0.717, 1.165) is 28.2 Å². The molecular formula is C39H45N5O8S2. The number of methoxy groups -OCH3 is 1. The third-order valence-electron chi connectivity index (χ3n) is 8.25. The summed E-state index contributed by atoms with van der Waals surface area (Å²) in [4.78, 5) is 51.2. The number of anilines is 1. The van der Waals surface area contributed by atoms with Crippen LogP contribution in [0.15, 0.2) is 101 Å². The largest absolute Gasteiger partial charge is 0.496 e. The first kappa shape index (κ1) is 41.3. The number of nitro benzene ring substituents is 1. The molecule has 286 valence electrons. The zero-order chi connectivity index (χ0) is 39.4. The van der Waals surface area contributed by atoms with E-state index < -0.39 is 37.5 Å². The predicted molar refractivity (Wildman–Crippen MR) is 210 cm³/mol. The molecule has 3 N–H and O–H groups in total. The van der Waals surface area contributed by atoms with Crippen LogP contribution < -0.4 is 20.1 Å². The van der Waals surface area contributed by atoms with Crippen LogP contribution in [0.3, 0.4) is 0 Å². The predicted octanol–water partition coefficient (Wildman–Crippen LogP) is 6.15. The molecule has 0 heterocycles. The second-order valence-electron chi connectivity index (χ2n) is 13.1. The number of nitrogens with one attached hydrogen (secondary N) is 3. The summed E-state index contributed by atoms with van der Waals surface area (Å²) in [5.41, 5.74) is 1.90. The summed E-state index contributed by atoms with van der Waals surface area (Å²) in [5.74, 6) is 0.187. The van der Waals surface area contributed by atoms with E-state index >= 15 is 0 Å². The first-order valence-electron chi connectivity index (χ1n) is 17.2. The molecular weight excluding hydrogens is 731 g/mol. The Morgan fingerprint density at radius 2 is 1.65 bits per heavy atom. The molecule has 0 spiro atoms. The SMILES string of the molecule is COc1cc(CCC(=O)NCC(C)C)ccc1-c1ccc(C(=O)NS(=O)(=O)c2ccc(N[C@@H](CSc3ccccc3)CC(=O)N(C)C)c([N+](=O)[O-])c2)cc1. The molecule has 15 heteroatoms. The lowest BCUT2D eigenvalue weighted by atomic mass is 9.99. The molecule has 0 saturated carbocycles. The van der Waals surface area contributed by atoms with Crippen molar-refractivity contribution in [3.8, 4) is 16.9 Å². The third kappa shape index (κ3) is 11.8. The third-order valence-corrected chi connectivity index (χ3v) is 10.8. The molecule has 0 aromatic heterocycles. The highest BCUT2D eigenvalue weighted by molar-refractivity contribution is 7.99. The van der Waals surface area contributed by atoms with Crippen LogP contribution in [0.1, 0.15) is 42.6 Å². The number of carbonyl (C=O) groups is 3. The summed E-state index contributed by atoms with van der Waals surface area (Å²) in [6.07, 6.45) is 0.906. The van der Waals surface area contributed by atoms with Gasteiger partial charge in [-0.25, -0.2) is 13.1 Å². The van der Waals surface area contributed by atoms with Crippen molar-refractivity contribution in [1.82, 2.24) is 14.9 Å². The van der Waals surface area contributed by atoms with Crippen molar-refractivity contribution in [2.75, 3.05) is 38.8 Å². The fourth-order valence-electron chi connectivity index (χ4n) is 5.27. The molecule has 0 aliphatic rings. The highest BCUT2D eigenvalue weighted by Gasteiger charge is 2.26. The average molecular weight is 776 g/mol. The van der Waals surface area contributed by atoms with E-state index in [1.165, 1.54) is 42.0 Å². The standard InChI is InChI=1S/C39H45N5O8S2/c1-26(2)24-40-37(45)20-12-27-11-18-33(36(21-27)52-5)28-13-15-29(16-14-28)39(47)42-54(50,51)32-17-19-34(35(23-32)44(48)49)41-30(22-38(46)43(3)4)25-53-31-9-7-6-8-10-31/h6-11,13-19,21,23,26,30,41H,12,20,22,24-25H2,1-5H3,(H,40,45)(H,42,47)/t30-/m1/s1. The topological polar surface area (TPSA) is 177 Å². The second-order valence-corrected chi connectivity index (χ2v) is 15.9. The number of amides is 3. The van der Waals surface area contributed by atoms with E-state index in [-0.39, 0.29) is 29.5 Å². The van der Waals surface area contributed by atoms with Gasteiger partial charge >= 0.3 is 0 Å². The Balaban J connectivity index is 1.46. The van der Waals surface area contributed by atoms with Gasteiger partial charge in [-0.3, -0.25) is 24.5 Å². The Hall–Kier alpha value is -5.41. The zero-order valence-corrected chi connectivity index (χ0v) is 32.5. The van der Waals surface area contributed by atoms with Gasteiger partial charge in [0.25, 0.3) is 21.6 Å². The van der Waals surface area contributed by atoms with E-state index in [2.05, 4.69) is 10.6 Å². The summed E-state index contributed by atoms with van der Waals surface area (Å²) in [6.45, 7) is 4.68. The van der Waals surface area contributed by atoms with Crippen molar-refractivity contribution in [1.29, 1.82) is 0 Å². The zero-order valence-electron chi connectivity index (χ0n) is 30.8. The second kappa shape index (κ2) is 19.1. The number of benzene rings is 4. The Morgan fingerprint density at radius 1 is 0.944 bits per heavy atom. The van der Waals surface area contributed by atoms with Crippen LogP contribution in [0.2, 0.25) is 0 Å². The lowest BCUT2D eigenvalue weighted by Crippen LogP contribution is -2.32. The fourth-order valence-corrected chi connectivity index (χ4v) is 7.20. The van der Waals surface area contributed by atoms with Gasteiger partial charge in [-0.1, -0.05) is 56.3 Å². The first-order valence-corrected chi connectivity index (χ1v) is 19.7. The summed E-state index contributed by atoms with van der Waals surface area (Å²) in [7, 11) is 0.239. The molecule has 0 saturated heterocycles. The highest BCUT2D eigenvalue weighted by Crippen LogP contribution is 2.32. The molecule has 3 amide bonds. The molecule has 13 nitrogen and oxygen atoms in total.